The summed E-state index contributed by atoms with van der Waals surface area (Å²) in [5, 5.41) is 3.09. The van der Waals surface area contributed by atoms with Crippen molar-refractivity contribution in [3.8, 4) is 28.8 Å². The minimum atomic E-state index is -0.777. The highest BCUT2D eigenvalue weighted by molar-refractivity contribution is 6.05. The van der Waals surface area contributed by atoms with Crippen molar-refractivity contribution in [1.29, 1.82) is 0 Å². The van der Waals surface area contributed by atoms with E-state index in [-0.39, 0.29) is 34.7 Å². The number of hydrogen-bond donors (Lipinski definition) is 1. The van der Waals surface area contributed by atoms with Crippen LogP contribution in [-0.2, 0) is 17.7 Å². The van der Waals surface area contributed by atoms with Gasteiger partial charge < -0.3 is 24.3 Å². The summed E-state index contributed by atoms with van der Waals surface area (Å²) in [4.78, 5) is 35.4. The summed E-state index contributed by atoms with van der Waals surface area (Å²) in [6, 6.07) is 13.2. The van der Waals surface area contributed by atoms with Crippen LogP contribution < -0.4 is 25.1 Å². The number of carbonyl (C=O) groups excluding carboxylic acids is 1. The Balaban J connectivity index is 1.14. The van der Waals surface area contributed by atoms with Crippen molar-refractivity contribution in [2.24, 2.45) is 0 Å². The van der Waals surface area contributed by atoms with Gasteiger partial charge in [-0.3, -0.25) is 14.3 Å². The molecule has 13 heteroatoms. The topological polar surface area (TPSA) is 119 Å². The summed E-state index contributed by atoms with van der Waals surface area (Å²) in [5.74, 6) is -1.21. The second-order valence-corrected chi connectivity index (χ2v) is 11.0. The zero-order valence-corrected chi connectivity index (χ0v) is 24.8. The lowest BCUT2D eigenvalue weighted by molar-refractivity contribution is 0.102. The standard InChI is InChI=1S/C33H29F2N5O6/c1-43-28-15-21-24(16-29(28)45-20-11-13-44-17-20)36-18-37-32(21)46-27-10-9-19(14-23(27)35)38-31(41)30-26-8-4-5-12-39(26)40(33(30)42)25-7-3-2-6-22(25)34/h2-3,6-7,9-10,14-16,18,20H,4-5,8,11-13,17H2,1H3,(H,38,41). The largest absolute Gasteiger partial charge is 0.493 e. The SMILES string of the molecule is COc1cc2c(Oc3ccc(NC(=O)c4c5n(n(-c6ccccc6F)c4=O)CCCC5)cc3F)ncnc2cc1OC1CCOC1. The molecule has 0 bridgehead atoms. The number of hydrogen-bond acceptors (Lipinski definition) is 8. The zero-order valence-electron chi connectivity index (χ0n) is 24.8. The van der Waals surface area contributed by atoms with E-state index in [1.165, 1.54) is 48.5 Å². The van der Waals surface area contributed by atoms with Gasteiger partial charge in [0.05, 0.1) is 36.9 Å². The number of amides is 1. The molecule has 1 saturated heterocycles. The molecule has 1 atom stereocenters. The van der Waals surface area contributed by atoms with Crippen LogP contribution in [-0.4, -0.2) is 51.7 Å². The molecule has 11 nitrogen and oxygen atoms in total. The Morgan fingerprint density at radius 1 is 1.02 bits per heavy atom. The number of carbonyl (C=O) groups is 1. The number of benzene rings is 3. The van der Waals surface area contributed by atoms with Gasteiger partial charge in [-0.25, -0.2) is 23.4 Å². The van der Waals surface area contributed by atoms with E-state index in [2.05, 4.69) is 15.3 Å². The molecule has 1 fully saturated rings. The number of para-hydroxylation sites is 1. The lowest BCUT2D eigenvalue weighted by Crippen LogP contribution is -2.26. The second kappa shape index (κ2) is 12.2. The van der Waals surface area contributed by atoms with Gasteiger partial charge >= 0.3 is 0 Å². The molecule has 0 saturated carbocycles. The van der Waals surface area contributed by atoms with Crippen LogP contribution in [0.2, 0.25) is 0 Å². The highest BCUT2D eigenvalue weighted by Gasteiger charge is 2.29. The average molecular weight is 630 g/mol. The Labute approximate surface area is 261 Å². The van der Waals surface area contributed by atoms with Crippen molar-refractivity contribution in [3.63, 3.8) is 0 Å². The van der Waals surface area contributed by atoms with Crippen LogP contribution in [0.15, 0.2) is 65.7 Å². The molecule has 0 spiro atoms. The van der Waals surface area contributed by atoms with Crippen molar-refractivity contribution >= 4 is 22.5 Å². The molecule has 1 amide bonds. The Kier molecular flexibility index (Phi) is 7.83. The van der Waals surface area contributed by atoms with Crippen LogP contribution in [0.3, 0.4) is 0 Å². The quantitative estimate of drug-likeness (QED) is 0.242. The number of anilines is 1. The second-order valence-electron chi connectivity index (χ2n) is 11.0. The Morgan fingerprint density at radius 3 is 2.67 bits per heavy atom. The molecule has 3 aromatic carbocycles. The van der Waals surface area contributed by atoms with Crippen LogP contribution in [0, 0.1) is 11.6 Å². The third kappa shape index (κ3) is 5.42. The summed E-state index contributed by atoms with van der Waals surface area (Å²) in [7, 11) is 1.51. The Hall–Kier alpha value is -5.30. The Morgan fingerprint density at radius 2 is 1.89 bits per heavy atom. The molecule has 2 aliphatic heterocycles. The molecule has 2 aliphatic rings. The molecule has 0 aliphatic carbocycles. The summed E-state index contributed by atoms with van der Waals surface area (Å²) in [6.07, 6.45) is 3.98. The lowest BCUT2D eigenvalue weighted by atomic mass is 10.1. The van der Waals surface area contributed by atoms with E-state index in [0.29, 0.717) is 54.3 Å². The van der Waals surface area contributed by atoms with Gasteiger partial charge in [0.25, 0.3) is 11.5 Å². The smallest absolute Gasteiger partial charge is 0.284 e. The van der Waals surface area contributed by atoms with E-state index in [9.17, 15) is 14.0 Å². The van der Waals surface area contributed by atoms with Crippen molar-refractivity contribution in [2.75, 3.05) is 25.6 Å². The van der Waals surface area contributed by atoms with Crippen molar-refractivity contribution < 1.29 is 32.5 Å². The first kappa shape index (κ1) is 29.4. The summed E-state index contributed by atoms with van der Waals surface area (Å²) < 4.78 is 55.7. The third-order valence-electron chi connectivity index (χ3n) is 8.05. The molecule has 1 N–H and O–H groups in total. The van der Waals surface area contributed by atoms with Crippen LogP contribution in [0.5, 0.6) is 23.1 Å². The van der Waals surface area contributed by atoms with Gasteiger partial charge in [-0.15, -0.1) is 0 Å². The van der Waals surface area contributed by atoms with Crippen molar-refractivity contribution in [1.82, 2.24) is 19.3 Å². The summed E-state index contributed by atoms with van der Waals surface area (Å²) >= 11 is 0. The summed E-state index contributed by atoms with van der Waals surface area (Å²) in [5.41, 5.74) is 0.429. The molecule has 0 radical (unpaired) electrons. The molecule has 5 aromatic rings. The van der Waals surface area contributed by atoms with Gasteiger partial charge in [0.15, 0.2) is 23.1 Å². The van der Waals surface area contributed by atoms with Crippen LogP contribution in [0.4, 0.5) is 14.5 Å². The number of ether oxygens (including phenoxy) is 4. The fourth-order valence-corrected chi connectivity index (χ4v) is 5.84. The fraction of sp³-hybridized carbons (Fsp3) is 0.273. The van der Waals surface area contributed by atoms with Crippen LogP contribution in [0.1, 0.15) is 35.3 Å². The van der Waals surface area contributed by atoms with E-state index in [0.717, 1.165) is 25.3 Å². The number of halogens is 2. The molecular weight excluding hydrogens is 600 g/mol. The first-order valence-corrected chi connectivity index (χ1v) is 14.9. The lowest BCUT2D eigenvalue weighted by Gasteiger charge is -2.19. The maximum absolute atomic E-state index is 15.4. The minimum absolute atomic E-state index is 0.0595. The van der Waals surface area contributed by atoms with E-state index < -0.39 is 23.1 Å². The molecule has 2 aromatic heterocycles. The van der Waals surface area contributed by atoms with Crippen molar-refractivity contribution in [2.45, 2.75) is 38.3 Å². The van der Waals surface area contributed by atoms with Crippen molar-refractivity contribution in [3.05, 3.63) is 94.2 Å². The number of rotatable bonds is 8. The predicted octanol–water partition coefficient (Wildman–Crippen LogP) is 5.42. The number of nitrogens with one attached hydrogen (secondary N) is 1. The monoisotopic (exact) mass is 629 g/mol. The van der Waals surface area contributed by atoms with Gasteiger partial charge in [-0.2, -0.15) is 0 Å². The molecular formula is C33H29F2N5O6. The number of aromatic nitrogens is 4. The van der Waals surface area contributed by atoms with E-state index in [1.54, 1.807) is 22.9 Å². The van der Waals surface area contributed by atoms with Gasteiger partial charge in [0.2, 0.25) is 5.88 Å². The molecule has 4 heterocycles. The molecule has 236 valence electrons. The first-order valence-electron chi connectivity index (χ1n) is 14.9. The fourth-order valence-electron chi connectivity index (χ4n) is 5.84. The van der Waals surface area contributed by atoms with Crippen LogP contribution in [0.25, 0.3) is 16.6 Å². The van der Waals surface area contributed by atoms with Gasteiger partial charge in [-0.05, 0) is 49.6 Å². The predicted molar refractivity (Wildman–Crippen MR) is 163 cm³/mol. The van der Waals surface area contributed by atoms with Gasteiger partial charge in [0, 0.05) is 30.8 Å². The van der Waals surface area contributed by atoms with E-state index >= 15 is 4.39 Å². The minimum Gasteiger partial charge on any atom is -0.493 e. The highest BCUT2D eigenvalue weighted by atomic mass is 19.1. The number of methoxy groups -OCH3 is 1. The maximum atomic E-state index is 15.4. The first-order chi connectivity index (χ1) is 22.4. The van der Waals surface area contributed by atoms with Gasteiger partial charge in [0.1, 0.15) is 29.5 Å². The maximum Gasteiger partial charge on any atom is 0.284 e. The number of nitrogens with zero attached hydrogens (tertiary/aromatic N) is 4. The third-order valence-corrected chi connectivity index (χ3v) is 8.05. The Bertz CT molecular complexity index is 2020. The van der Waals surface area contributed by atoms with E-state index in [4.69, 9.17) is 18.9 Å². The zero-order chi connectivity index (χ0) is 31.8. The number of fused-ring (bicyclic) bond motifs is 2. The summed E-state index contributed by atoms with van der Waals surface area (Å²) in [6.45, 7) is 1.56. The molecule has 1 unspecified atom stereocenters. The molecule has 46 heavy (non-hydrogen) atoms. The highest BCUT2D eigenvalue weighted by Crippen LogP contribution is 2.37. The normalized spacial score (nSPS) is 15.8. The molecule has 7 rings (SSSR count). The van der Waals surface area contributed by atoms with Gasteiger partial charge in [-0.1, -0.05) is 12.1 Å². The van der Waals surface area contributed by atoms with E-state index in [1.807, 2.05) is 0 Å². The average Bonchev–Trinajstić information content (AvgIpc) is 3.67. The van der Waals surface area contributed by atoms with Crippen LogP contribution >= 0.6 is 0 Å².